The predicted molar refractivity (Wildman–Crippen MR) is 70.4 cm³/mol. The SMILES string of the molecule is CCc1c(NC)ncnc1-c1ncnn1C(C)C. The zero-order valence-electron chi connectivity index (χ0n) is 11.2. The molecule has 96 valence electrons. The van der Waals surface area contributed by atoms with Crippen LogP contribution in [0.15, 0.2) is 12.7 Å². The molecule has 2 aromatic rings. The van der Waals surface area contributed by atoms with Crippen LogP contribution in [0.2, 0.25) is 0 Å². The second-order valence-electron chi connectivity index (χ2n) is 4.27. The number of nitrogens with zero attached hydrogens (tertiary/aromatic N) is 5. The van der Waals surface area contributed by atoms with Crippen LogP contribution in [-0.4, -0.2) is 31.8 Å². The molecule has 1 N–H and O–H groups in total. The first-order chi connectivity index (χ1) is 8.69. The molecule has 0 saturated carbocycles. The highest BCUT2D eigenvalue weighted by Gasteiger charge is 2.17. The van der Waals surface area contributed by atoms with E-state index in [9.17, 15) is 0 Å². The van der Waals surface area contributed by atoms with Gasteiger partial charge in [-0.3, -0.25) is 0 Å². The van der Waals surface area contributed by atoms with Crippen LogP contribution in [0.4, 0.5) is 5.82 Å². The van der Waals surface area contributed by atoms with Crippen LogP contribution in [0.1, 0.15) is 32.4 Å². The van der Waals surface area contributed by atoms with Crippen molar-refractivity contribution in [2.75, 3.05) is 12.4 Å². The van der Waals surface area contributed by atoms with Gasteiger partial charge < -0.3 is 5.32 Å². The van der Waals surface area contributed by atoms with Crippen molar-refractivity contribution in [3.8, 4) is 11.5 Å². The van der Waals surface area contributed by atoms with Gasteiger partial charge in [0, 0.05) is 18.7 Å². The van der Waals surface area contributed by atoms with Gasteiger partial charge >= 0.3 is 0 Å². The number of hydrogen-bond donors (Lipinski definition) is 1. The molecule has 0 atom stereocenters. The van der Waals surface area contributed by atoms with Crippen molar-refractivity contribution < 1.29 is 0 Å². The molecule has 6 heteroatoms. The Bertz CT molecular complexity index is 531. The minimum absolute atomic E-state index is 0.250. The van der Waals surface area contributed by atoms with Gasteiger partial charge in [0.1, 0.15) is 24.2 Å². The zero-order chi connectivity index (χ0) is 13.1. The number of nitrogens with one attached hydrogen (secondary N) is 1. The maximum atomic E-state index is 4.37. The molecule has 0 spiro atoms. The lowest BCUT2D eigenvalue weighted by Crippen LogP contribution is -2.09. The molecular formula is C12H18N6. The summed E-state index contributed by atoms with van der Waals surface area (Å²) in [6.45, 7) is 6.23. The first-order valence-corrected chi connectivity index (χ1v) is 6.10. The smallest absolute Gasteiger partial charge is 0.177 e. The van der Waals surface area contributed by atoms with Gasteiger partial charge in [-0.15, -0.1) is 0 Å². The molecule has 0 aromatic carbocycles. The Balaban J connectivity index is 2.60. The van der Waals surface area contributed by atoms with Crippen molar-refractivity contribution in [1.29, 1.82) is 0 Å². The van der Waals surface area contributed by atoms with Crippen molar-refractivity contribution in [1.82, 2.24) is 24.7 Å². The molecule has 6 nitrogen and oxygen atoms in total. The fourth-order valence-electron chi connectivity index (χ4n) is 1.95. The minimum Gasteiger partial charge on any atom is -0.373 e. The van der Waals surface area contributed by atoms with Gasteiger partial charge in [0.15, 0.2) is 5.82 Å². The highest BCUT2D eigenvalue weighted by atomic mass is 15.3. The largest absolute Gasteiger partial charge is 0.373 e. The molecule has 0 aliphatic carbocycles. The van der Waals surface area contributed by atoms with E-state index in [1.165, 1.54) is 0 Å². The molecule has 2 heterocycles. The molecule has 0 unspecified atom stereocenters. The van der Waals surface area contributed by atoms with E-state index in [0.29, 0.717) is 0 Å². The molecule has 0 radical (unpaired) electrons. The van der Waals surface area contributed by atoms with Gasteiger partial charge in [-0.1, -0.05) is 6.92 Å². The van der Waals surface area contributed by atoms with Gasteiger partial charge in [0.05, 0.1) is 0 Å². The second kappa shape index (κ2) is 5.12. The van der Waals surface area contributed by atoms with Crippen molar-refractivity contribution in [2.45, 2.75) is 33.2 Å². The topological polar surface area (TPSA) is 68.5 Å². The van der Waals surface area contributed by atoms with E-state index < -0.39 is 0 Å². The Labute approximate surface area is 106 Å². The third-order valence-corrected chi connectivity index (χ3v) is 2.81. The molecule has 0 amide bonds. The summed E-state index contributed by atoms with van der Waals surface area (Å²) in [6.07, 6.45) is 3.97. The molecule has 0 aliphatic rings. The monoisotopic (exact) mass is 246 g/mol. The molecule has 0 fully saturated rings. The molecule has 0 saturated heterocycles. The summed E-state index contributed by atoms with van der Waals surface area (Å²) in [5, 5.41) is 7.34. The molecule has 18 heavy (non-hydrogen) atoms. The van der Waals surface area contributed by atoms with Crippen molar-refractivity contribution in [3.63, 3.8) is 0 Å². The number of hydrogen-bond acceptors (Lipinski definition) is 5. The minimum atomic E-state index is 0.250. The van der Waals surface area contributed by atoms with Gasteiger partial charge in [0.25, 0.3) is 0 Å². The van der Waals surface area contributed by atoms with Crippen LogP contribution in [0.3, 0.4) is 0 Å². The van der Waals surface area contributed by atoms with Crippen LogP contribution < -0.4 is 5.32 Å². The van der Waals surface area contributed by atoms with Gasteiger partial charge in [0.2, 0.25) is 0 Å². The molecule has 0 aliphatic heterocycles. The van der Waals surface area contributed by atoms with Crippen LogP contribution >= 0.6 is 0 Å². The lowest BCUT2D eigenvalue weighted by Gasteiger charge is -2.13. The fourth-order valence-corrected chi connectivity index (χ4v) is 1.95. The highest BCUT2D eigenvalue weighted by molar-refractivity contribution is 5.62. The normalized spacial score (nSPS) is 10.9. The van der Waals surface area contributed by atoms with Crippen LogP contribution in [0.25, 0.3) is 11.5 Å². The highest BCUT2D eigenvalue weighted by Crippen LogP contribution is 2.25. The fraction of sp³-hybridized carbons (Fsp3) is 0.500. The quantitative estimate of drug-likeness (QED) is 0.892. The lowest BCUT2D eigenvalue weighted by atomic mass is 10.1. The third-order valence-electron chi connectivity index (χ3n) is 2.81. The summed E-state index contributed by atoms with van der Waals surface area (Å²) in [5.41, 5.74) is 1.91. The first-order valence-electron chi connectivity index (χ1n) is 6.10. The van der Waals surface area contributed by atoms with Crippen LogP contribution in [0.5, 0.6) is 0 Å². The summed E-state index contributed by atoms with van der Waals surface area (Å²) in [4.78, 5) is 12.9. The Morgan fingerprint density at radius 1 is 1.22 bits per heavy atom. The summed E-state index contributed by atoms with van der Waals surface area (Å²) in [6, 6.07) is 0.250. The van der Waals surface area contributed by atoms with E-state index in [-0.39, 0.29) is 6.04 Å². The van der Waals surface area contributed by atoms with E-state index in [4.69, 9.17) is 0 Å². The molecular weight excluding hydrogens is 228 g/mol. The van der Waals surface area contributed by atoms with Gasteiger partial charge in [-0.05, 0) is 20.3 Å². The van der Waals surface area contributed by atoms with E-state index in [2.05, 4.69) is 46.1 Å². The van der Waals surface area contributed by atoms with Crippen molar-refractivity contribution in [3.05, 3.63) is 18.2 Å². The third kappa shape index (κ3) is 2.05. The molecule has 0 bridgehead atoms. The second-order valence-corrected chi connectivity index (χ2v) is 4.27. The number of anilines is 1. The average Bonchev–Trinajstić information content (AvgIpc) is 2.86. The standard InChI is InChI=1S/C12H18N6/c1-5-9-10(14-6-15-11(9)13-4)12-16-7-17-18(12)8(2)3/h6-8H,5H2,1-4H3,(H,13,14,15). The van der Waals surface area contributed by atoms with E-state index in [0.717, 1.165) is 29.3 Å². The zero-order valence-corrected chi connectivity index (χ0v) is 11.2. The van der Waals surface area contributed by atoms with Crippen molar-refractivity contribution in [2.24, 2.45) is 0 Å². The lowest BCUT2D eigenvalue weighted by molar-refractivity contribution is 0.536. The van der Waals surface area contributed by atoms with Gasteiger partial charge in [-0.25, -0.2) is 19.6 Å². The molecule has 2 rings (SSSR count). The Kier molecular flexibility index (Phi) is 3.55. The molecule has 2 aromatic heterocycles. The van der Waals surface area contributed by atoms with E-state index in [1.54, 1.807) is 12.7 Å². The number of rotatable bonds is 4. The first kappa shape index (κ1) is 12.5. The summed E-state index contributed by atoms with van der Waals surface area (Å²) >= 11 is 0. The van der Waals surface area contributed by atoms with Crippen LogP contribution in [-0.2, 0) is 6.42 Å². The Morgan fingerprint density at radius 2 is 2.00 bits per heavy atom. The average molecular weight is 246 g/mol. The predicted octanol–water partition coefficient (Wildman–Crippen LogP) is 1.92. The summed E-state index contributed by atoms with van der Waals surface area (Å²) in [5.74, 6) is 1.64. The number of aromatic nitrogens is 5. The van der Waals surface area contributed by atoms with Gasteiger partial charge in [-0.2, -0.15) is 5.10 Å². The van der Waals surface area contributed by atoms with E-state index in [1.807, 2.05) is 11.7 Å². The van der Waals surface area contributed by atoms with Crippen molar-refractivity contribution >= 4 is 5.82 Å². The van der Waals surface area contributed by atoms with E-state index >= 15 is 0 Å². The maximum Gasteiger partial charge on any atom is 0.177 e. The Morgan fingerprint density at radius 3 is 2.61 bits per heavy atom. The summed E-state index contributed by atoms with van der Waals surface area (Å²) < 4.78 is 1.88. The summed E-state index contributed by atoms with van der Waals surface area (Å²) in [7, 11) is 1.86. The Hall–Kier alpha value is -1.98. The van der Waals surface area contributed by atoms with Crippen LogP contribution in [0, 0.1) is 0 Å². The maximum absolute atomic E-state index is 4.37.